The van der Waals surface area contributed by atoms with Crippen LogP contribution >= 0.6 is 11.3 Å². The summed E-state index contributed by atoms with van der Waals surface area (Å²) >= 11 is 1.68. The molecule has 0 aliphatic heterocycles. The number of nitrogens with zero attached hydrogens (tertiary/aromatic N) is 1. The van der Waals surface area contributed by atoms with Gasteiger partial charge in [-0.3, -0.25) is 0 Å². The number of aryl methyl sites for hydroxylation is 1. The van der Waals surface area contributed by atoms with Gasteiger partial charge in [-0.25, -0.2) is 4.98 Å². The molecule has 2 rings (SSSR count). The van der Waals surface area contributed by atoms with E-state index in [1.165, 1.54) is 19.3 Å². The van der Waals surface area contributed by atoms with Gasteiger partial charge in [0, 0.05) is 17.5 Å². The topological polar surface area (TPSA) is 33.1 Å². The van der Waals surface area contributed by atoms with Crippen molar-refractivity contribution in [3.63, 3.8) is 0 Å². The molecule has 0 aromatic carbocycles. The molecule has 1 aromatic rings. The minimum atomic E-state index is -0.476. The van der Waals surface area contributed by atoms with Crippen LogP contribution in [-0.4, -0.2) is 15.7 Å². The van der Waals surface area contributed by atoms with Crippen molar-refractivity contribution in [1.82, 2.24) is 4.98 Å². The molecule has 1 N–H and O–H groups in total. The molecule has 1 aliphatic rings. The van der Waals surface area contributed by atoms with Gasteiger partial charge in [0.05, 0.1) is 10.6 Å². The summed E-state index contributed by atoms with van der Waals surface area (Å²) in [6.07, 6.45) is 6.26. The average molecular weight is 239 g/mol. The van der Waals surface area contributed by atoms with Crippen LogP contribution in [0.1, 0.15) is 49.7 Å². The fraction of sp³-hybridized carbons (Fsp3) is 0.769. The van der Waals surface area contributed by atoms with Crippen LogP contribution in [0.5, 0.6) is 0 Å². The van der Waals surface area contributed by atoms with Gasteiger partial charge in [-0.2, -0.15) is 0 Å². The van der Waals surface area contributed by atoms with Gasteiger partial charge in [0.25, 0.3) is 0 Å². The number of hydrogen-bond acceptors (Lipinski definition) is 3. The number of thiazole rings is 1. The van der Waals surface area contributed by atoms with E-state index in [1.807, 2.05) is 6.92 Å². The molecular formula is C13H21NOS. The summed E-state index contributed by atoms with van der Waals surface area (Å²) in [4.78, 5) is 4.45. The van der Waals surface area contributed by atoms with Gasteiger partial charge in [0.1, 0.15) is 0 Å². The highest BCUT2D eigenvalue weighted by Gasteiger charge is 2.33. The first kappa shape index (κ1) is 12.1. The van der Waals surface area contributed by atoms with Crippen molar-refractivity contribution in [1.29, 1.82) is 0 Å². The van der Waals surface area contributed by atoms with Crippen LogP contribution in [0.2, 0.25) is 0 Å². The summed E-state index contributed by atoms with van der Waals surface area (Å²) in [5, 5.41) is 13.7. The molecule has 0 saturated heterocycles. The number of aromatic nitrogens is 1. The number of rotatable bonds is 3. The van der Waals surface area contributed by atoms with Crippen LogP contribution in [0, 0.1) is 12.8 Å². The van der Waals surface area contributed by atoms with Crippen molar-refractivity contribution in [3.05, 3.63) is 16.1 Å². The van der Waals surface area contributed by atoms with E-state index in [4.69, 9.17) is 0 Å². The van der Waals surface area contributed by atoms with Gasteiger partial charge < -0.3 is 5.11 Å². The highest BCUT2D eigenvalue weighted by atomic mass is 32.1. The highest BCUT2D eigenvalue weighted by Crippen LogP contribution is 2.36. The second-order valence-electron chi connectivity index (χ2n) is 5.14. The zero-order valence-electron chi connectivity index (χ0n) is 10.2. The summed E-state index contributed by atoms with van der Waals surface area (Å²) < 4.78 is 0. The minimum Gasteiger partial charge on any atom is -0.389 e. The van der Waals surface area contributed by atoms with E-state index in [0.29, 0.717) is 0 Å². The van der Waals surface area contributed by atoms with Gasteiger partial charge in [0.15, 0.2) is 0 Å². The lowest BCUT2D eigenvalue weighted by Gasteiger charge is -2.35. The molecule has 3 heteroatoms. The van der Waals surface area contributed by atoms with Crippen molar-refractivity contribution < 1.29 is 5.11 Å². The zero-order valence-corrected chi connectivity index (χ0v) is 11.0. The van der Waals surface area contributed by atoms with E-state index in [2.05, 4.69) is 17.3 Å². The molecule has 2 nitrogen and oxygen atoms in total. The van der Waals surface area contributed by atoms with E-state index in [-0.39, 0.29) is 0 Å². The lowest BCUT2D eigenvalue weighted by molar-refractivity contribution is -0.00926. The maximum absolute atomic E-state index is 10.5. The number of aliphatic hydroxyl groups is 1. The molecule has 16 heavy (non-hydrogen) atoms. The molecule has 0 unspecified atom stereocenters. The fourth-order valence-corrected chi connectivity index (χ4v) is 3.47. The molecule has 0 radical (unpaired) electrons. The summed E-state index contributed by atoms with van der Waals surface area (Å²) in [6.45, 7) is 4.26. The van der Waals surface area contributed by atoms with Crippen molar-refractivity contribution in [2.24, 2.45) is 5.92 Å². The Labute approximate surface area is 102 Å². The quantitative estimate of drug-likeness (QED) is 0.877. The Hall–Kier alpha value is -0.410. The Balaban J connectivity index is 1.94. The van der Waals surface area contributed by atoms with Crippen molar-refractivity contribution in [3.8, 4) is 0 Å². The summed E-state index contributed by atoms with van der Waals surface area (Å²) in [7, 11) is 0. The Kier molecular flexibility index (Phi) is 3.65. The predicted octanol–water partition coefficient (Wildman–Crippen LogP) is 3.33. The van der Waals surface area contributed by atoms with Gasteiger partial charge >= 0.3 is 0 Å². The molecule has 1 saturated carbocycles. The standard InChI is InChI=1S/C13H21NOS/c1-3-11-4-6-13(15,7-5-11)8-12-14-10(2)9-16-12/h9,11,15H,3-8H2,1-2H3. The third kappa shape index (κ3) is 2.83. The minimum absolute atomic E-state index is 0.476. The summed E-state index contributed by atoms with van der Waals surface area (Å²) in [5.74, 6) is 0.832. The fourth-order valence-electron chi connectivity index (χ4n) is 2.57. The Morgan fingerprint density at radius 1 is 1.50 bits per heavy atom. The van der Waals surface area contributed by atoms with Crippen LogP contribution in [0.25, 0.3) is 0 Å². The van der Waals surface area contributed by atoms with Crippen LogP contribution in [0.4, 0.5) is 0 Å². The Bertz CT molecular complexity index is 339. The van der Waals surface area contributed by atoms with Gasteiger partial charge in [-0.05, 0) is 38.5 Å². The van der Waals surface area contributed by atoms with Crippen LogP contribution in [0.3, 0.4) is 0 Å². The van der Waals surface area contributed by atoms with E-state index in [0.717, 1.165) is 35.9 Å². The van der Waals surface area contributed by atoms with E-state index < -0.39 is 5.60 Å². The summed E-state index contributed by atoms with van der Waals surface area (Å²) in [6, 6.07) is 0. The largest absolute Gasteiger partial charge is 0.389 e. The molecule has 1 fully saturated rings. The van der Waals surface area contributed by atoms with Gasteiger partial charge in [0.2, 0.25) is 0 Å². The first-order valence-electron chi connectivity index (χ1n) is 6.25. The van der Waals surface area contributed by atoms with E-state index >= 15 is 0 Å². The smallest absolute Gasteiger partial charge is 0.0956 e. The maximum Gasteiger partial charge on any atom is 0.0956 e. The summed E-state index contributed by atoms with van der Waals surface area (Å²) in [5.41, 5.74) is 0.599. The first-order chi connectivity index (χ1) is 7.61. The van der Waals surface area contributed by atoms with Crippen molar-refractivity contribution in [2.75, 3.05) is 0 Å². The van der Waals surface area contributed by atoms with Crippen LogP contribution < -0.4 is 0 Å². The molecule has 0 bridgehead atoms. The normalized spacial score (nSPS) is 30.6. The second-order valence-corrected chi connectivity index (χ2v) is 6.08. The third-order valence-corrected chi connectivity index (χ3v) is 4.73. The van der Waals surface area contributed by atoms with Crippen molar-refractivity contribution in [2.45, 2.75) is 58.0 Å². The highest BCUT2D eigenvalue weighted by molar-refractivity contribution is 7.09. The molecule has 0 spiro atoms. The molecule has 0 amide bonds. The molecule has 0 atom stereocenters. The first-order valence-corrected chi connectivity index (χ1v) is 7.13. The third-order valence-electron chi connectivity index (χ3n) is 3.76. The van der Waals surface area contributed by atoms with E-state index in [9.17, 15) is 5.11 Å². The molecule has 1 aliphatic carbocycles. The molecular weight excluding hydrogens is 218 g/mol. The molecule has 90 valence electrons. The second kappa shape index (κ2) is 4.84. The number of hydrogen-bond donors (Lipinski definition) is 1. The van der Waals surface area contributed by atoms with E-state index in [1.54, 1.807) is 11.3 Å². The monoisotopic (exact) mass is 239 g/mol. The van der Waals surface area contributed by atoms with Crippen LogP contribution in [-0.2, 0) is 6.42 Å². The SMILES string of the molecule is CCC1CCC(O)(Cc2nc(C)cs2)CC1. The van der Waals surface area contributed by atoms with Gasteiger partial charge in [-0.1, -0.05) is 13.3 Å². The zero-order chi connectivity index (χ0) is 11.6. The Morgan fingerprint density at radius 3 is 2.69 bits per heavy atom. The molecule has 1 heterocycles. The van der Waals surface area contributed by atoms with Gasteiger partial charge in [-0.15, -0.1) is 11.3 Å². The Morgan fingerprint density at radius 2 is 2.19 bits per heavy atom. The predicted molar refractivity (Wildman–Crippen MR) is 67.8 cm³/mol. The maximum atomic E-state index is 10.5. The van der Waals surface area contributed by atoms with Crippen LogP contribution in [0.15, 0.2) is 5.38 Å². The average Bonchev–Trinajstić information content (AvgIpc) is 2.64. The van der Waals surface area contributed by atoms with Crippen molar-refractivity contribution >= 4 is 11.3 Å². The molecule has 1 aromatic heterocycles. The lowest BCUT2D eigenvalue weighted by atomic mass is 9.76. The lowest BCUT2D eigenvalue weighted by Crippen LogP contribution is -2.36.